The predicted octanol–water partition coefficient (Wildman–Crippen LogP) is 1.30. The monoisotopic (exact) mass is 206 g/mol. The van der Waals surface area contributed by atoms with E-state index >= 15 is 0 Å². The highest BCUT2D eigenvalue weighted by Crippen LogP contribution is 2.19. The van der Waals surface area contributed by atoms with E-state index < -0.39 is 6.04 Å². The minimum absolute atomic E-state index is 0.288. The number of nitrogens with zero attached hydrogens (tertiary/aromatic N) is 2. The number of H-pyrrole nitrogens is 1. The van der Waals surface area contributed by atoms with Gasteiger partial charge in [-0.1, -0.05) is 6.07 Å². The molecule has 0 saturated heterocycles. The SMILES string of the molecule is Cc1cc(F)cc(C(N)c2cn[nH]n2)c1. The average molecular weight is 206 g/mol. The number of benzene rings is 1. The Morgan fingerprint density at radius 1 is 1.40 bits per heavy atom. The highest BCUT2D eigenvalue weighted by Gasteiger charge is 2.12. The van der Waals surface area contributed by atoms with E-state index in [1.54, 1.807) is 0 Å². The molecule has 1 aromatic carbocycles. The maximum atomic E-state index is 13.1. The summed E-state index contributed by atoms with van der Waals surface area (Å²) in [5, 5.41) is 10.0. The molecule has 0 aliphatic rings. The van der Waals surface area contributed by atoms with Crippen LogP contribution >= 0.6 is 0 Å². The van der Waals surface area contributed by atoms with E-state index in [-0.39, 0.29) is 5.82 Å². The number of nitrogens with one attached hydrogen (secondary N) is 1. The molecule has 1 unspecified atom stereocenters. The highest BCUT2D eigenvalue weighted by molar-refractivity contribution is 5.30. The largest absolute Gasteiger partial charge is 0.319 e. The fourth-order valence-electron chi connectivity index (χ4n) is 1.48. The van der Waals surface area contributed by atoms with Crippen LogP contribution in [0.4, 0.5) is 4.39 Å². The maximum Gasteiger partial charge on any atom is 0.123 e. The summed E-state index contributed by atoms with van der Waals surface area (Å²) in [5.74, 6) is -0.288. The normalized spacial score (nSPS) is 12.7. The van der Waals surface area contributed by atoms with E-state index in [9.17, 15) is 4.39 Å². The summed E-state index contributed by atoms with van der Waals surface area (Å²) >= 11 is 0. The lowest BCUT2D eigenvalue weighted by Gasteiger charge is -2.09. The molecule has 2 rings (SSSR count). The van der Waals surface area contributed by atoms with Crippen molar-refractivity contribution < 1.29 is 4.39 Å². The summed E-state index contributed by atoms with van der Waals surface area (Å²) in [7, 11) is 0. The molecule has 78 valence electrons. The van der Waals surface area contributed by atoms with Crippen LogP contribution in [-0.2, 0) is 0 Å². The first-order valence-corrected chi connectivity index (χ1v) is 4.55. The zero-order chi connectivity index (χ0) is 10.8. The van der Waals surface area contributed by atoms with Gasteiger partial charge in [0.15, 0.2) is 0 Å². The molecule has 1 heterocycles. The third-order valence-corrected chi connectivity index (χ3v) is 2.18. The van der Waals surface area contributed by atoms with Gasteiger partial charge in [-0.2, -0.15) is 15.4 Å². The van der Waals surface area contributed by atoms with Gasteiger partial charge in [0.05, 0.1) is 12.2 Å². The molecule has 0 bridgehead atoms. The van der Waals surface area contributed by atoms with Crippen molar-refractivity contribution in [2.24, 2.45) is 5.73 Å². The van der Waals surface area contributed by atoms with Gasteiger partial charge in [-0.25, -0.2) is 4.39 Å². The Morgan fingerprint density at radius 3 is 2.80 bits per heavy atom. The number of aromatic nitrogens is 3. The molecule has 3 N–H and O–H groups in total. The molecular formula is C10H11FN4. The lowest BCUT2D eigenvalue weighted by Crippen LogP contribution is -2.12. The van der Waals surface area contributed by atoms with Crippen LogP contribution in [0.1, 0.15) is 22.9 Å². The van der Waals surface area contributed by atoms with E-state index in [0.717, 1.165) is 5.56 Å². The molecule has 0 spiro atoms. The lowest BCUT2D eigenvalue weighted by atomic mass is 10.0. The standard InChI is InChI=1S/C10H11FN4/c1-6-2-7(4-8(11)3-6)10(12)9-5-13-15-14-9/h2-5,10H,12H2,1H3,(H,13,14,15). The van der Waals surface area contributed by atoms with E-state index in [4.69, 9.17) is 5.73 Å². The number of halogens is 1. The highest BCUT2D eigenvalue weighted by atomic mass is 19.1. The van der Waals surface area contributed by atoms with Crippen LogP contribution in [-0.4, -0.2) is 15.4 Å². The van der Waals surface area contributed by atoms with Crippen LogP contribution in [0.5, 0.6) is 0 Å². The molecule has 1 aromatic heterocycles. The van der Waals surface area contributed by atoms with Gasteiger partial charge < -0.3 is 5.73 Å². The maximum absolute atomic E-state index is 13.1. The zero-order valence-corrected chi connectivity index (χ0v) is 8.24. The summed E-state index contributed by atoms with van der Waals surface area (Å²) in [6, 6.07) is 4.26. The van der Waals surface area contributed by atoms with Gasteiger partial charge in [-0.05, 0) is 30.2 Å². The fourth-order valence-corrected chi connectivity index (χ4v) is 1.48. The molecule has 0 radical (unpaired) electrons. The van der Waals surface area contributed by atoms with E-state index in [0.29, 0.717) is 11.3 Å². The summed E-state index contributed by atoms with van der Waals surface area (Å²) in [4.78, 5) is 0. The first kappa shape index (κ1) is 9.79. The number of rotatable bonds is 2. The van der Waals surface area contributed by atoms with Crippen LogP contribution < -0.4 is 5.73 Å². The van der Waals surface area contributed by atoms with Crippen LogP contribution in [0.2, 0.25) is 0 Å². The molecule has 2 aromatic rings. The van der Waals surface area contributed by atoms with E-state index in [1.807, 2.05) is 13.0 Å². The number of hydrogen-bond acceptors (Lipinski definition) is 3. The zero-order valence-electron chi connectivity index (χ0n) is 8.24. The van der Waals surface area contributed by atoms with Crippen molar-refractivity contribution in [3.8, 4) is 0 Å². The molecule has 15 heavy (non-hydrogen) atoms. The van der Waals surface area contributed by atoms with Crippen molar-refractivity contribution in [3.63, 3.8) is 0 Å². The quantitative estimate of drug-likeness (QED) is 0.778. The second-order valence-corrected chi connectivity index (χ2v) is 3.43. The van der Waals surface area contributed by atoms with Crippen molar-refractivity contribution in [2.45, 2.75) is 13.0 Å². The second kappa shape index (κ2) is 3.78. The van der Waals surface area contributed by atoms with Gasteiger partial charge in [-0.15, -0.1) is 0 Å². The van der Waals surface area contributed by atoms with Crippen molar-refractivity contribution in [2.75, 3.05) is 0 Å². The van der Waals surface area contributed by atoms with Crippen molar-refractivity contribution in [1.82, 2.24) is 15.4 Å². The van der Waals surface area contributed by atoms with Gasteiger partial charge in [-0.3, -0.25) is 0 Å². The number of hydrogen-bond donors (Lipinski definition) is 2. The van der Waals surface area contributed by atoms with Crippen molar-refractivity contribution in [3.05, 3.63) is 47.0 Å². The summed E-state index contributed by atoms with van der Waals surface area (Å²) in [5.41, 5.74) is 8.04. The van der Waals surface area contributed by atoms with Gasteiger partial charge in [0.2, 0.25) is 0 Å². The van der Waals surface area contributed by atoms with Gasteiger partial charge >= 0.3 is 0 Å². The Hall–Kier alpha value is -1.75. The molecule has 0 amide bonds. The Labute approximate surface area is 86.3 Å². The van der Waals surface area contributed by atoms with Crippen LogP contribution in [0.25, 0.3) is 0 Å². The molecule has 5 heteroatoms. The molecular weight excluding hydrogens is 195 g/mol. The lowest BCUT2D eigenvalue weighted by molar-refractivity contribution is 0.621. The minimum atomic E-state index is -0.446. The Kier molecular flexibility index (Phi) is 2.47. The fraction of sp³-hybridized carbons (Fsp3) is 0.200. The number of aryl methyl sites for hydroxylation is 1. The average Bonchev–Trinajstić information content (AvgIpc) is 2.67. The third kappa shape index (κ3) is 2.02. The summed E-state index contributed by atoms with van der Waals surface area (Å²) < 4.78 is 13.1. The summed E-state index contributed by atoms with van der Waals surface area (Å²) in [6.07, 6.45) is 1.53. The minimum Gasteiger partial charge on any atom is -0.319 e. The topological polar surface area (TPSA) is 67.6 Å². The molecule has 1 atom stereocenters. The van der Waals surface area contributed by atoms with Gasteiger partial charge in [0.25, 0.3) is 0 Å². The number of nitrogens with two attached hydrogens (primary N) is 1. The molecule has 0 aliphatic carbocycles. The van der Waals surface area contributed by atoms with Gasteiger partial charge in [0.1, 0.15) is 11.5 Å². The third-order valence-electron chi connectivity index (χ3n) is 2.18. The van der Waals surface area contributed by atoms with E-state index in [2.05, 4.69) is 15.4 Å². The van der Waals surface area contributed by atoms with Crippen molar-refractivity contribution >= 4 is 0 Å². The van der Waals surface area contributed by atoms with Crippen molar-refractivity contribution in [1.29, 1.82) is 0 Å². The summed E-state index contributed by atoms with van der Waals surface area (Å²) in [6.45, 7) is 1.82. The first-order valence-electron chi connectivity index (χ1n) is 4.55. The second-order valence-electron chi connectivity index (χ2n) is 3.43. The van der Waals surface area contributed by atoms with E-state index in [1.165, 1.54) is 18.3 Å². The number of aromatic amines is 1. The molecule has 4 nitrogen and oxygen atoms in total. The Balaban J connectivity index is 2.37. The Morgan fingerprint density at radius 2 is 2.20 bits per heavy atom. The van der Waals surface area contributed by atoms with Crippen LogP contribution in [0.15, 0.2) is 24.4 Å². The molecule has 0 saturated carbocycles. The molecule has 0 aliphatic heterocycles. The smallest absolute Gasteiger partial charge is 0.123 e. The molecule has 0 fully saturated rings. The van der Waals surface area contributed by atoms with Crippen LogP contribution in [0, 0.1) is 12.7 Å². The Bertz CT molecular complexity index is 432. The predicted molar refractivity (Wildman–Crippen MR) is 53.6 cm³/mol. The first-order chi connectivity index (χ1) is 7.16. The van der Waals surface area contributed by atoms with Gasteiger partial charge in [0, 0.05) is 0 Å². The van der Waals surface area contributed by atoms with Crippen LogP contribution in [0.3, 0.4) is 0 Å².